The SMILES string of the molecule is CC1=NN(c2ccccc2)C2(SC(C(=O)c3ccccc3)=NN2c2ccc(Br)cc2)c2ccccc21. The summed E-state index contributed by atoms with van der Waals surface area (Å²) >= 11 is 4.97. The van der Waals surface area contributed by atoms with Crippen molar-refractivity contribution in [3.05, 3.63) is 130 Å². The number of hydrazone groups is 2. The van der Waals surface area contributed by atoms with Crippen LogP contribution in [0.5, 0.6) is 0 Å². The predicted molar refractivity (Wildman–Crippen MR) is 152 cm³/mol. The van der Waals surface area contributed by atoms with Crippen molar-refractivity contribution < 1.29 is 4.79 Å². The number of fused-ring (bicyclic) bond motifs is 2. The topological polar surface area (TPSA) is 48.3 Å². The number of carbonyl (C=O) groups is 1. The number of hydrogen-bond acceptors (Lipinski definition) is 6. The van der Waals surface area contributed by atoms with E-state index in [1.54, 1.807) is 0 Å². The number of thioether (sulfide) groups is 1. The zero-order valence-electron chi connectivity index (χ0n) is 19.4. The van der Waals surface area contributed by atoms with Crippen molar-refractivity contribution >= 4 is 55.6 Å². The first kappa shape index (κ1) is 22.8. The van der Waals surface area contributed by atoms with Crippen LogP contribution in [0, 0.1) is 0 Å². The number of ketones is 1. The van der Waals surface area contributed by atoms with Gasteiger partial charge in [0.05, 0.1) is 17.1 Å². The van der Waals surface area contributed by atoms with E-state index in [1.807, 2.05) is 114 Å². The first-order chi connectivity index (χ1) is 17.6. The molecule has 2 heterocycles. The van der Waals surface area contributed by atoms with E-state index in [0.29, 0.717) is 10.6 Å². The minimum absolute atomic E-state index is 0.114. The maximum atomic E-state index is 13.7. The number of halogens is 1. The van der Waals surface area contributed by atoms with Crippen molar-refractivity contribution in [1.82, 2.24) is 0 Å². The average molecular weight is 553 g/mol. The molecule has 0 aliphatic carbocycles. The molecule has 2 aliphatic rings. The van der Waals surface area contributed by atoms with E-state index in [-0.39, 0.29) is 5.78 Å². The predicted octanol–water partition coefficient (Wildman–Crippen LogP) is 7.25. The number of anilines is 2. The second-order valence-corrected chi connectivity index (χ2v) is 10.6. The zero-order valence-corrected chi connectivity index (χ0v) is 21.8. The van der Waals surface area contributed by atoms with E-state index in [1.165, 1.54) is 11.8 Å². The van der Waals surface area contributed by atoms with Crippen LogP contribution in [0.4, 0.5) is 11.4 Å². The van der Waals surface area contributed by atoms with Crippen LogP contribution in [0.15, 0.2) is 124 Å². The van der Waals surface area contributed by atoms with E-state index < -0.39 is 4.99 Å². The number of benzene rings is 4. The summed E-state index contributed by atoms with van der Waals surface area (Å²) in [6.45, 7) is 2.02. The molecule has 5 nitrogen and oxygen atoms in total. The molecule has 176 valence electrons. The maximum absolute atomic E-state index is 13.7. The molecule has 0 bridgehead atoms. The Morgan fingerprint density at radius 1 is 0.750 bits per heavy atom. The molecule has 1 unspecified atom stereocenters. The van der Waals surface area contributed by atoms with Gasteiger partial charge in [-0.1, -0.05) is 88.7 Å². The van der Waals surface area contributed by atoms with Gasteiger partial charge in [-0.25, -0.2) is 10.0 Å². The Morgan fingerprint density at radius 2 is 1.33 bits per heavy atom. The maximum Gasteiger partial charge on any atom is 0.234 e. The lowest BCUT2D eigenvalue weighted by Crippen LogP contribution is -2.53. The number of Topliss-reactive ketones (excluding diaryl/α,β-unsaturated/α-hetero) is 1. The largest absolute Gasteiger partial charge is 0.286 e. The fraction of sp³-hybridized carbons (Fsp3) is 0.0690. The Balaban J connectivity index is 1.60. The Bertz CT molecular complexity index is 1510. The zero-order chi connectivity index (χ0) is 24.7. The van der Waals surface area contributed by atoms with Gasteiger partial charge < -0.3 is 0 Å². The highest BCUT2D eigenvalue weighted by Crippen LogP contribution is 2.54. The van der Waals surface area contributed by atoms with Gasteiger partial charge in [-0.15, -0.1) is 0 Å². The molecule has 0 amide bonds. The van der Waals surface area contributed by atoms with Gasteiger partial charge in [-0.05, 0) is 55.1 Å². The Kier molecular flexibility index (Phi) is 5.74. The molecular formula is C29H21BrN4OS. The number of nitrogens with zero attached hydrogens (tertiary/aromatic N) is 4. The third kappa shape index (κ3) is 3.67. The van der Waals surface area contributed by atoms with Crippen molar-refractivity contribution in [3.8, 4) is 0 Å². The Hall–Kier alpha value is -3.68. The van der Waals surface area contributed by atoms with Crippen LogP contribution in [0.3, 0.4) is 0 Å². The van der Waals surface area contributed by atoms with Gasteiger partial charge in [-0.3, -0.25) is 4.79 Å². The average Bonchev–Trinajstić information content (AvgIpc) is 3.33. The van der Waals surface area contributed by atoms with Crippen LogP contribution < -0.4 is 10.0 Å². The Labute approximate surface area is 222 Å². The van der Waals surface area contributed by atoms with Gasteiger partial charge in [0.15, 0.2) is 5.04 Å². The Morgan fingerprint density at radius 3 is 2.06 bits per heavy atom. The van der Waals surface area contributed by atoms with E-state index >= 15 is 0 Å². The summed E-state index contributed by atoms with van der Waals surface area (Å²) < 4.78 is 0.967. The summed E-state index contributed by atoms with van der Waals surface area (Å²) in [5, 5.41) is 14.4. The van der Waals surface area contributed by atoms with Gasteiger partial charge in [0, 0.05) is 21.2 Å². The second-order valence-electron chi connectivity index (χ2n) is 8.48. The van der Waals surface area contributed by atoms with E-state index in [4.69, 9.17) is 10.2 Å². The summed E-state index contributed by atoms with van der Waals surface area (Å²) in [5.41, 5.74) is 5.32. The number of carbonyl (C=O) groups excluding carboxylic acids is 1. The second kappa shape index (κ2) is 9.08. The van der Waals surface area contributed by atoms with Crippen LogP contribution >= 0.6 is 27.7 Å². The molecule has 0 fully saturated rings. The van der Waals surface area contributed by atoms with Crippen molar-refractivity contribution in [2.24, 2.45) is 10.2 Å². The normalized spacial score (nSPS) is 18.6. The molecule has 1 spiro atoms. The summed E-state index contributed by atoms with van der Waals surface area (Å²) in [4.78, 5) is 12.7. The number of rotatable bonds is 4. The highest BCUT2D eigenvalue weighted by Gasteiger charge is 2.55. The monoisotopic (exact) mass is 552 g/mol. The molecule has 36 heavy (non-hydrogen) atoms. The molecule has 0 saturated carbocycles. The molecule has 0 radical (unpaired) electrons. The summed E-state index contributed by atoms with van der Waals surface area (Å²) in [6.07, 6.45) is 0. The van der Waals surface area contributed by atoms with Gasteiger partial charge in [-0.2, -0.15) is 10.2 Å². The quantitative estimate of drug-likeness (QED) is 0.250. The third-order valence-corrected chi connectivity index (χ3v) is 8.06. The smallest absolute Gasteiger partial charge is 0.234 e. The van der Waals surface area contributed by atoms with Gasteiger partial charge in [0.1, 0.15) is 0 Å². The molecule has 0 aromatic heterocycles. The lowest BCUT2D eigenvalue weighted by Gasteiger charge is -2.46. The van der Waals surface area contributed by atoms with Crippen LogP contribution in [-0.4, -0.2) is 16.5 Å². The molecule has 4 aromatic carbocycles. The summed E-state index contributed by atoms with van der Waals surface area (Å²) in [5.74, 6) is -0.114. The van der Waals surface area contributed by atoms with Crippen LogP contribution in [0.25, 0.3) is 0 Å². The minimum atomic E-state index is -0.939. The molecule has 0 N–H and O–H groups in total. The fourth-order valence-corrected chi connectivity index (χ4v) is 6.17. The van der Waals surface area contributed by atoms with Crippen LogP contribution in [-0.2, 0) is 4.99 Å². The summed E-state index contributed by atoms with van der Waals surface area (Å²) in [6, 6.07) is 35.5. The molecule has 4 aromatic rings. The molecular weight excluding hydrogens is 532 g/mol. The van der Waals surface area contributed by atoms with Crippen molar-refractivity contribution in [3.63, 3.8) is 0 Å². The molecule has 2 aliphatic heterocycles. The van der Waals surface area contributed by atoms with Gasteiger partial charge in [0.2, 0.25) is 10.8 Å². The highest BCUT2D eigenvalue weighted by molar-refractivity contribution is 9.10. The highest BCUT2D eigenvalue weighted by atomic mass is 79.9. The van der Waals surface area contributed by atoms with Crippen molar-refractivity contribution in [2.45, 2.75) is 11.9 Å². The first-order valence-electron chi connectivity index (χ1n) is 11.5. The third-order valence-electron chi connectivity index (χ3n) is 6.22. The molecule has 7 heteroatoms. The lowest BCUT2D eigenvalue weighted by atomic mass is 9.98. The van der Waals surface area contributed by atoms with E-state index in [2.05, 4.69) is 28.1 Å². The molecule has 0 saturated heterocycles. The first-order valence-corrected chi connectivity index (χ1v) is 13.1. The number of hydrogen-bond donors (Lipinski definition) is 0. The van der Waals surface area contributed by atoms with Crippen molar-refractivity contribution in [1.29, 1.82) is 0 Å². The number of para-hydroxylation sites is 1. The van der Waals surface area contributed by atoms with E-state index in [9.17, 15) is 4.79 Å². The van der Waals surface area contributed by atoms with Crippen molar-refractivity contribution in [2.75, 3.05) is 10.0 Å². The van der Waals surface area contributed by atoms with Gasteiger partial charge in [0.25, 0.3) is 0 Å². The van der Waals surface area contributed by atoms with Gasteiger partial charge >= 0.3 is 0 Å². The standard InChI is InChI=1S/C29H21BrN4OS/c1-20-25-14-8-9-15-26(25)29(33(31-20)23-12-6-3-7-13-23)34(24-18-16-22(30)17-19-24)32-28(36-29)27(35)21-10-4-2-5-11-21/h2-19H,1H3. The van der Waals surface area contributed by atoms with E-state index in [0.717, 1.165) is 32.7 Å². The molecule has 6 rings (SSSR count). The summed E-state index contributed by atoms with van der Waals surface area (Å²) in [7, 11) is 0. The van der Waals surface area contributed by atoms with Crippen LogP contribution in [0.1, 0.15) is 28.4 Å². The molecule has 1 atom stereocenters. The van der Waals surface area contributed by atoms with Crippen LogP contribution in [0.2, 0.25) is 0 Å². The minimum Gasteiger partial charge on any atom is -0.286 e. The fourth-order valence-electron chi connectivity index (χ4n) is 4.55. The lowest BCUT2D eigenvalue weighted by molar-refractivity contribution is 0.106.